The number of rotatable bonds is 0. The fourth-order valence-electron chi connectivity index (χ4n) is 3.29. The van der Waals surface area contributed by atoms with E-state index in [0.717, 1.165) is 0 Å². The Bertz CT molecular complexity index is 433. The van der Waals surface area contributed by atoms with Gasteiger partial charge in [0, 0.05) is 11.0 Å². The van der Waals surface area contributed by atoms with E-state index in [4.69, 9.17) is 0 Å². The molecule has 0 radical (unpaired) electrons. The summed E-state index contributed by atoms with van der Waals surface area (Å²) in [6.07, 6.45) is 8.12. The van der Waals surface area contributed by atoms with Gasteiger partial charge in [-0.25, -0.2) is 0 Å². The smallest absolute Gasteiger partial charge is 0.0319 e. The average molecular weight is 224 g/mol. The van der Waals surface area contributed by atoms with Crippen molar-refractivity contribution in [2.24, 2.45) is 10.8 Å². The summed E-state index contributed by atoms with van der Waals surface area (Å²) < 4.78 is 0. The fraction of sp³-hybridized carbons (Fsp3) is 0.529. The molecule has 2 bridgehead atoms. The average Bonchev–Trinajstić information content (AvgIpc) is 2.40. The van der Waals surface area contributed by atoms with Crippen molar-refractivity contribution in [3.8, 4) is 11.8 Å². The van der Waals surface area contributed by atoms with E-state index in [9.17, 15) is 0 Å². The van der Waals surface area contributed by atoms with Crippen LogP contribution in [0.3, 0.4) is 0 Å². The van der Waals surface area contributed by atoms with Crippen LogP contribution in [0, 0.1) is 22.7 Å². The monoisotopic (exact) mass is 224 g/mol. The van der Waals surface area contributed by atoms with E-state index in [2.05, 4.69) is 49.1 Å². The molecule has 3 aliphatic rings. The van der Waals surface area contributed by atoms with Crippen LogP contribution in [-0.2, 0) is 0 Å². The van der Waals surface area contributed by atoms with Gasteiger partial charge in [-0.2, -0.15) is 0 Å². The van der Waals surface area contributed by atoms with Gasteiger partial charge < -0.3 is 0 Å². The van der Waals surface area contributed by atoms with Crippen LogP contribution in [0.2, 0.25) is 0 Å². The van der Waals surface area contributed by atoms with Crippen molar-refractivity contribution in [3.63, 3.8) is 0 Å². The van der Waals surface area contributed by atoms with Crippen molar-refractivity contribution in [2.75, 3.05) is 0 Å². The second-order valence-electron chi connectivity index (χ2n) is 6.21. The Morgan fingerprint density at radius 3 is 2.06 bits per heavy atom. The molecule has 0 N–H and O–H groups in total. The van der Waals surface area contributed by atoms with Crippen LogP contribution in [0.5, 0.6) is 0 Å². The predicted molar refractivity (Wildman–Crippen MR) is 71.6 cm³/mol. The number of hydrogen-bond acceptors (Lipinski definition) is 0. The Balaban J connectivity index is 1.80. The molecule has 1 aromatic carbocycles. The summed E-state index contributed by atoms with van der Waals surface area (Å²) in [6, 6.07) is 10.4. The summed E-state index contributed by atoms with van der Waals surface area (Å²) >= 11 is 0. The standard InChI is InChI=1S/C17H20/c1-16-9-12-17(13-10-16,14-11-16)8-7-15-5-3-2-4-6-15/h2-6H,9-14H2,1H3. The molecular weight excluding hydrogens is 204 g/mol. The minimum atomic E-state index is 0.355. The van der Waals surface area contributed by atoms with Crippen molar-refractivity contribution in [1.29, 1.82) is 0 Å². The zero-order chi connectivity index (χ0) is 11.8. The van der Waals surface area contributed by atoms with Crippen molar-refractivity contribution in [1.82, 2.24) is 0 Å². The highest BCUT2D eigenvalue weighted by atomic mass is 14.5. The van der Waals surface area contributed by atoms with Crippen LogP contribution >= 0.6 is 0 Å². The molecule has 0 unspecified atom stereocenters. The van der Waals surface area contributed by atoms with E-state index in [1.165, 1.54) is 44.1 Å². The van der Waals surface area contributed by atoms with Gasteiger partial charge in [0.1, 0.15) is 0 Å². The molecule has 0 aliphatic heterocycles. The molecule has 88 valence electrons. The molecule has 0 spiro atoms. The maximum Gasteiger partial charge on any atom is 0.0319 e. The van der Waals surface area contributed by atoms with Gasteiger partial charge in [-0.3, -0.25) is 0 Å². The Labute approximate surface area is 104 Å². The summed E-state index contributed by atoms with van der Waals surface area (Å²) in [7, 11) is 0. The third-order valence-electron chi connectivity index (χ3n) is 4.87. The predicted octanol–water partition coefficient (Wildman–Crippen LogP) is 4.40. The second-order valence-corrected chi connectivity index (χ2v) is 6.21. The van der Waals surface area contributed by atoms with Crippen LogP contribution < -0.4 is 0 Å². The first-order valence-electron chi connectivity index (χ1n) is 6.78. The Hall–Kier alpha value is -1.22. The molecule has 3 saturated carbocycles. The van der Waals surface area contributed by atoms with E-state index >= 15 is 0 Å². The third-order valence-corrected chi connectivity index (χ3v) is 4.87. The highest BCUT2D eigenvalue weighted by Gasteiger charge is 2.45. The first-order valence-corrected chi connectivity index (χ1v) is 6.78. The highest BCUT2D eigenvalue weighted by Crippen LogP contribution is 2.56. The molecule has 0 amide bonds. The number of hydrogen-bond donors (Lipinski definition) is 0. The Morgan fingerprint density at radius 1 is 0.882 bits per heavy atom. The minimum Gasteiger partial charge on any atom is -0.0911 e. The van der Waals surface area contributed by atoms with Gasteiger partial charge in [0.2, 0.25) is 0 Å². The molecule has 0 nitrogen and oxygen atoms in total. The molecule has 1 aromatic rings. The van der Waals surface area contributed by atoms with Crippen LogP contribution in [-0.4, -0.2) is 0 Å². The lowest BCUT2D eigenvalue weighted by molar-refractivity contribution is 0.0423. The lowest BCUT2D eigenvalue weighted by Crippen LogP contribution is -2.38. The first kappa shape index (κ1) is 10.9. The molecule has 0 saturated heterocycles. The molecule has 0 heteroatoms. The summed E-state index contributed by atoms with van der Waals surface area (Å²) in [4.78, 5) is 0. The van der Waals surface area contributed by atoms with Crippen LogP contribution in [0.25, 0.3) is 0 Å². The summed E-state index contributed by atoms with van der Waals surface area (Å²) in [5.74, 6) is 7.00. The maximum absolute atomic E-state index is 3.61. The van der Waals surface area contributed by atoms with Crippen molar-refractivity contribution >= 4 is 0 Å². The van der Waals surface area contributed by atoms with Gasteiger partial charge in [-0.05, 0) is 56.1 Å². The van der Waals surface area contributed by atoms with Gasteiger partial charge >= 0.3 is 0 Å². The molecule has 4 rings (SSSR count). The molecule has 0 heterocycles. The topological polar surface area (TPSA) is 0 Å². The van der Waals surface area contributed by atoms with E-state index < -0.39 is 0 Å². The minimum absolute atomic E-state index is 0.355. The zero-order valence-corrected chi connectivity index (χ0v) is 10.6. The maximum atomic E-state index is 3.61. The summed E-state index contributed by atoms with van der Waals surface area (Å²) in [5, 5.41) is 0. The van der Waals surface area contributed by atoms with Crippen LogP contribution in [0.4, 0.5) is 0 Å². The van der Waals surface area contributed by atoms with Crippen LogP contribution in [0.15, 0.2) is 30.3 Å². The van der Waals surface area contributed by atoms with Crippen LogP contribution in [0.1, 0.15) is 51.0 Å². The van der Waals surface area contributed by atoms with E-state index in [0.29, 0.717) is 10.8 Å². The van der Waals surface area contributed by atoms with E-state index in [-0.39, 0.29) is 0 Å². The fourth-order valence-corrected chi connectivity index (χ4v) is 3.29. The molecule has 0 atom stereocenters. The normalized spacial score (nSPS) is 35.1. The number of benzene rings is 1. The Kier molecular flexibility index (Phi) is 2.51. The van der Waals surface area contributed by atoms with Crippen molar-refractivity contribution in [2.45, 2.75) is 45.4 Å². The lowest BCUT2D eigenvalue weighted by Gasteiger charge is -2.49. The molecule has 3 fully saturated rings. The van der Waals surface area contributed by atoms with E-state index in [1.54, 1.807) is 0 Å². The SMILES string of the molecule is CC12CCC(C#Cc3ccccc3)(CC1)CC2. The van der Waals surface area contributed by atoms with Gasteiger partial charge in [0.25, 0.3) is 0 Å². The summed E-state index contributed by atoms with van der Waals surface area (Å²) in [6.45, 7) is 2.46. The van der Waals surface area contributed by atoms with Crippen molar-refractivity contribution in [3.05, 3.63) is 35.9 Å². The number of fused-ring (bicyclic) bond motifs is 3. The van der Waals surface area contributed by atoms with Crippen molar-refractivity contribution < 1.29 is 0 Å². The molecule has 0 aromatic heterocycles. The third kappa shape index (κ3) is 2.12. The zero-order valence-electron chi connectivity index (χ0n) is 10.6. The first-order chi connectivity index (χ1) is 8.20. The molecule has 3 aliphatic carbocycles. The van der Waals surface area contributed by atoms with Gasteiger partial charge in [0.05, 0.1) is 0 Å². The highest BCUT2D eigenvalue weighted by molar-refractivity contribution is 5.35. The summed E-state index contributed by atoms with van der Waals surface area (Å²) in [5.41, 5.74) is 2.17. The molecular formula is C17H20. The quantitative estimate of drug-likeness (QED) is 0.573. The molecule has 17 heavy (non-hydrogen) atoms. The van der Waals surface area contributed by atoms with Gasteiger partial charge in [0.15, 0.2) is 0 Å². The largest absolute Gasteiger partial charge is 0.0911 e. The second kappa shape index (κ2) is 3.91. The van der Waals surface area contributed by atoms with E-state index in [1.807, 2.05) is 0 Å². The lowest BCUT2D eigenvalue weighted by atomic mass is 9.55. The van der Waals surface area contributed by atoms with Gasteiger partial charge in [-0.15, -0.1) is 0 Å². The van der Waals surface area contributed by atoms with Gasteiger partial charge in [-0.1, -0.05) is 37.0 Å². The Morgan fingerprint density at radius 2 is 1.47 bits per heavy atom.